The smallest absolute Gasteiger partial charge is 0.207 e. The van der Waals surface area contributed by atoms with Crippen molar-refractivity contribution >= 4 is 26.0 Å². The van der Waals surface area contributed by atoms with Crippen molar-refractivity contribution in [3.63, 3.8) is 0 Å². The largest absolute Gasteiger partial charge is 0.243 e. The molecule has 1 aliphatic heterocycles. The minimum Gasteiger partial charge on any atom is -0.207 e. The number of halogens is 1. The Hall–Kier alpha value is -0.390. The van der Waals surface area contributed by atoms with E-state index < -0.39 is 10.0 Å². The van der Waals surface area contributed by atoms with Crippen LogP contribution in [0, 0.1) is 0 Å². The molecular weight excluding hydrogens is 290 g/mol. The summed E-state index contributed by atoms with van der Waals surface area (Å²) in [6.07, 6.45) is 1.91. The lowest BCUT2D eigenvalue weighted by Crippen LogP contribution is -2.33. The highest BCUT2D eigenvalue weighted by molar-refractivity contribution is 9.10. The number of rotatable bonds is 2. The number of benzene rings is 1. The van der Waals surface area contributed by atoms with Crippen LogP contribution in [0.15, 0.2) is 33.6 Å². The molecule has 88 valence electrons. The molecule has 0 radical (unpaired) electrons. The zero-order valence-corrected chi connectivity index (χ0v) is 11.5. The second kappa shape index (κ2) is 4.47. The molecule has 2 rings (SSSR count). The lowest BCUT2D eigenvalue weighted by Gasteiger charge is -2.20. The Morgan fingerprint density at radius 3 is 2.44 bits per heavy atom. The first-order chi connectivity index (χ1) is 7.51. The van der Waals surface area contributed by atoms with Crippen molar-refractivity contribution in [3.8, 4) is 0 Å². The van der Waals surface area contributed by atoms with Gasteiger partial charge in [-0.15, -0.1) is 0 Å². The van der Waals surface area contributed by atoms with Gasteiger partial charge >= 0.3 is 0 Å². The Labute approximate surface area is 105 Å². The summed E-state index contributed by atoms with van der Waals surface area (Å²) in [5, 5.41) is 0. The lowest BCUT2D eigenvalue weighted by molar-refractivity contribution is 0.408. The van der Waals surface area contributed by atoms with Crippen LogP contribution in [0.25, 0.3) is 0 Å². The molecule has 0 bridgehead atoms. The van der Waals surface area contributed by atoms with Gasteiger partial charge in [-0.2, -0.15) is 4.31 Å². The number of nitrogens with zero attached hydrogens (tertiary/aromatic N) is 1. The molecule has 3 nitrogen and oxygen atoms in total. The topological polar surface area (TPSA) is 37.4 Å². The van der Waals surface area contributed by atoms with E-state index in [1.807, 2.05) is 6.92 Å². The Morgan fingerprint density at radius 2 is 1.94 bits per heavy atom. The van der Waals surface area contributed by atoms with Crippen LogP contribution in [0.4, 0.5) is 0 Å². The monoisotopic (exact) mass is 303 g/mol. The quantitative estimate of drug-likeness (QED) is 0.842. The van der Waals surface area contributed by atoms with Crippen LogP contribution in [0.1, 0.15) is 19.8 Å². The van der Waals surface area contributed by atoms with Crippen LogP contribution < -0.4 is 0 Å². The summed E-state index contributed by atoms with van der Waals surface area (Å²) in [5.74, 6) is 0. The minimum atomic E-state index is -3.29. The third kappa shape index (κ3) is 2.17. The first-order valence-electron chi connectivity index (χ1n) is 5.29. The fourth-order valence-electron chi connectivity index (χ4n) is 2.01. The minimum absolute atomic E-state index is 0.119. The normalized spacial score (nSPS) is 22.5. The highest BCUT2D eigenvalue weighted by Gasteiger charge is 2.32. The fraction of sp³-hybridized carbons (Fsp3) is 0.455. The summed E-state index contributed by atoms with van der Waals surface area (Å²) in [6, 6.07) is 6.92. The van der Waals surface area contributed by atoms with Crippen molar-refractivity contribution in [3.05, 3.63) is 28.7 Å². The highest BCUT2D eigenvalue weighted by atomic mass is 79.9. The van der Waals surface area contributed by atoms with E-state index in [1.54, 1.807) is 28.6 Å². The average molecular weight is 304 g/mol. The molecule has 1 aliphatic rings. The highest BCUT2D eigenvalue weighted by Crippen LogP contribution is 2.26. The maximum absolute atomic E-state index is 12.3. The molecular formula is C11H14BrNO2S. The predicted molar refractivity (Wildman–Crippen MR) is 66.7 cm³/mol. The average Bonchev–Trinajstić information content (AvgIpc) is 2.66. The van der Waals surface area contributed by atoms with Gasteiger partial charge in [0.2, 0.25) is 10.0 Å². The van der Waals surface area contributed by atoms with Gasteiger partial charge in [-0.1, -0.05) is 15.9 Å². The molecule has 16 heavy (non-hydrogen) atoms. The van der Waals surface area contributed by atoms with Crippen molar-refractivity contribution in [1.82, 2.24) is 4.31 Å². The Kier molecular flexibility index (Phi) is 3.37. The molecule has 1 heterocycles. The van der Waals surface area contributed by atoms with E-state index in [-0.39, 0.29) is 6.04 Å². The zero-order valence-electron chi connectivity index (χ0n) is 9.06. The van der Waals surface area contributed by atoms with E-state index in [0.717, 1.165) is 17.3 Å². The second-order valence-corrected chi connectivity index (χ2v) is 6.87. The molecule has 1 aromatic rings. The van der Waals surface area contributed by atoms with Gasteiger partial charge in [0.1, 0.15) is 0 Å². The standard InChI is InChI=1S/C11H14BrNO2S/c1-9-3-2-8-13(9)16(14,15)11-6-4-10(12)5-7-11/h4-7,9H,2-3,8H2,1H3/t9-/m0/s1. The maximum atomic E-state index is 12.3. The van der Waals surface area contributed by atoms with Crippen molar-refractivity contribution in [2.75, 3.05) is 6.54 Å². The van der Waals surface area contributed by atoms with E-state index in [0.29, 0.717) is 11.4 Å². The van der Waals surface area contributed by atoms with Gasteiger partial charge in [0.15, 0.2) is 0 Å². The predicted octanol–water partition coefficient (Wildman–Crippen LogP) is 2.62. The molecule has 0 spiro atoms. The van der Waals surface area contributed by atoms with Crippen molar-refractivity contribution in [2.24, 2.45) is 0 Å². The third-order valence-corrected chi connectivity index (χ3v) is 5.47. The van der Waals surface area contributed by atoms with Gasteiger partial charge in [0.05, 0.1) is 4.90 Å². The summed E-state index contributed by atoms with van der Waals surface area (Å²) in [4.78, 5) is 0.379. The molecule has 1 atom stereocenters. The van der Waals surface area contributed by atoms with Crippen LogP contribution in [-0.4, -0.2) is 25.3 Å². The molecule has 0 N–H and O–H groups in total. The van der Waals surface area contributed by atoms with Gasteiger partial charge in [-0.05, 0) is 44.0 Å². The van der Waals surface area contributed by atoms with E-state index in [2.05, 4.69) is 15.9 Å². The number of sulfonamides is 1. The van der Waals surface area contributed by atoms with E-state index in [4.69, 9.17) is 0 Å². The first kappa shape index (κ1) is 12.1. The van der Waals surface area contributed by atoms with Gasteiger partial charge in [-0.3, -0.25) is 0 Å². The molecule has 0 aliphatic carbocycles. The van der Waals surface area contributed by atoms with Crippen LogP contribution >= 0.6 is 15.9 Å². The van der Waals surface area contributed by atoms with E-state index >= 15 is 0 Å². The van der Waals surface area contributed by atoms with Crippen molar-refractivity contribution in [1.29, 1.82) is 0 Å². The van der Waals surface area contributed by atoms with E-state index in [9.17, 15) is 8.42 Å². The third-order valence-electron chi connectivity index (χ3n) is 2.91. The molecule has 0 amide bonds. The van der Waals surface area contributed by atoms with Gasteiger partial charge in [0, 0.05) is 17.1 Å². The van der Waals surface area contributed by atoms with E-state index in [1.165, 1.54) is 0 Å². The van der Waals surface area contributed by atoms with Crippen molar-refractivity contribution in [2.45, 2.75) is 30.7 Å². The van der Waals surface area contributed by atoms with Gasteiger partial charge in [-0.25, -0.2) is 8.42 Å². The lowest BCUT2D eigenvalue weighted by atomic mass is 10.3. The van der Waals surface area contributed by atoms with Gasteiger partial charge in [0.25, 0.3) is 0 Å². The Balaban J connectivity index is 2.35. The second-order valence-electron chi connectivity index (χ2n) is 4.06. The van der Waals surface area contributed by atoms with Crippen LogP contribution in [0.2, 0.25) is 0 Å². The number of hydrogen-bond donors (Lipinski definition) is 0. The maximum Gasteiger partial charge on any atom is 0.243 e. The SMILES string of the molecule is C[C@H]1CCCN1S(=O)(=O)c1ccc(Br)cc1. The summed E-state index contributed by atoms with van der Waals surface area (Å²) in [7, 11) is -3.29. The number of hydrogen-bond acceptors (Lipinski definition) is 2. The van der Waals surface area contributed by atoms with Crippen LogP contribution in [0.3, 0.4) is 0 Å². The Morgan fingerprint density at radius 1 is 1.31 bits per heavy atom. The summed E-state index contributed by atoms with van der Waals surface area (Å²) >= 11 is 3.30. The summed E-state index contributed by atoms with van der Waals surface area (Å²) in [5.41, 5.74) is 0. The molecule has 5 heteroatoms. The molecule has 0 saturated carbocycles. The summed E-state index contributed by atoms with van der Waals surface area (Å²) < 4.78 is 27.0. The summed E-state index contributed by atoms with van der Waals surface area (Å²) in [6.45, 7) is 2.60. The zero-order chi connectivity index (χ0) is 11.8. The molecule has 0 unspecified atom stereocenters. The van der Waals surface area contributed by atoms with Crippen LogP contribution in [0.5, 0.6) is 0 Å². The molecule has 1 aromatic carbocycles. The van der Waals surface area contributed by atoms with Gasteiger partial charge < -0.3 is 0 Å². The molecule has 1 saturated heterocycles. The first-order valence-corrected chi connectivity index (χ1v) is 7.52. The Bertz CT molecular complexity index is 469. The molecule has 0 aromatic heterocycles. The van der Waals surface area contributed by atoms with Crippen LogP contribution in [-0.2, 0) is 10.0 Å². The molecule has 1 fully saturated rings. The van der Waals surface area contributed by atoms with Crippen molar-refractivity contribution < 1.29 is 8.42 Å². The fourth-order valence-corrected chi connectivity index (χ4v) is 3.97.